The van der Waals surface area contributed by atoms with Crippen molar-refractivity contribution < 1.29 is 17.9 Å². The zero-order valence-electron chi connectivity index (χ0n) is 10.9. The van der Waals surface area contributed by atoms with E-state index in [0.29, 0.717) is 16.4 Å². The number of ether oxygens (including phenoxy) is 1. The third kappa shape index (κ3) is 5.42. The highest BCUT2D eigenvalue weighted by Gasteiger charge is 2.31. The van der Waals surface area contributed by atoms with Crippen molar-refractivity contribution in [3.63, 3.8) is 0 Å². The second kappa shape index (κ2) is 6.85. The summed E-state index contributed by atoms with van der Waals surface area (Å²) in [6, 6.07) is 12.3. The molecule has 0 spiro atoms. The molecule has 0 aliphatic rings. The van der Waals surface area contributed by atoms with Crippen molar-refractivity contribution in [2.75, 3.05) is 10.6 Å². The lowest BCUT2D eigenvalue weighted by atomic mass is 10.3. The Morgan fingerprint density at radius 3 is 2.18 bits per heavy atom. The van der Waals surface area contributed by atoms with Gasteiger partial charge in [0.15, 0.2) is 5.11 Å². The molecule has 3 nitrogen and oxygen atoms in total. The first-order valence-corrected chi connectivity index (χ1v) is 6.80. The molecule has 116 valence electrons. The van der Waals surface area contributed by atoms with Gasteiger partial charge in [-0.3, -0.25) is 0 Å². The van der Waals surface area contributed by atoms with Crippen molar-refractivity contribution in [1.29, 1.82) is 0 Å². The van der Waals surface area contributed by atoms with Crippen molar-refractivity contribution in [3.8, 4) is 5.75 Å². The van der Waals surface area contributed by atoms with Crippen LogP contribution in [0.15, 0.2) is 48.5 Å². The van der Waals surface area contributed by atoms with Crippen LogP contribution in [-0.2, 0) is 0 Å². The summed E-state index contributed by atoms with van der Waals surface area (Å²) < 4.78 is 40.3. The SMILES string of the molecule is FC(F)(F)Oc1cccc(NC(=S)Nc2cccc(Cl)c2)c1. The molecule has 0 saturated carbocycles. The molecular formula is C14H10ClF3N2OS. The van der Waals surface area contributed by atoms with Crippen LogP contribution in [-0.4, -0.2) is 11.5 Å². The molecule has 0 heterocycles. The molecule has 2 aromatic carbocycles. The summed E-state index contributed by atoms with van der Waals surface area (Å²) >= 11 is 10.9. The van der Waals surface area contributed by atoms with Crippen LogP contribution in [0.5, 0.6) is 5.75 Å². The van der Waals surface area contributed by atoms with Crippen molar-refractivity contribution in [1.82, 2.24) is 0 Å². The molecule has 8 heteroatoms. The van der Waals surface area contributed by atoms with Crippen LogP contribution >= 0.6 is 23.8 Å². The van der Waals surface area contributed by atoms with Gasteiger partial charge < -0.3 is 15.4 Å². The van der Waals surface area contributed by atoms with Gasteiger partial charge in [-0.2, -0.15) is 0 Å². The molecule has 0 unspecified atom stereocenters. The molecule has 0 aromatic heterocycles. The summed E-state index contributed by atoms with van der Waals surface area (Å²) in [6.07, 6.45) is -4.74. The van der Waals surface area contributed by atoms with E-state index in [-0.39, 0.29) is 10.9 Å². The van der Waals surface area contributed by atoms with Crippen molar-refractivity contribution in [2.24, 2.45) is 0 Å². The van der Waals surface area contributed by atoms with Gasteiger partial charge in [0.1, 0.15) is 5.75 Å². The normalized spacial score (nSPS) is 10.9. The zero-order chi connectivity index (χ0) is 16.2. The molecule has 0 aliphatic heterocycles. The van der Waals surface area contributed by atoms with E-state index in [1.54, 1.807) is 30.3 Å². The number of hydrogen-bond donors (Lipinski definition) is 2. The van der Waals surface area contributed by atoms with Crippen molar-refractivity contribution in [3.05, 3.63) is 53.6 Å². The standard InChI is InChI=1S/C14H10ClF3N2OS/c15-9-3-1-4-10(7-9)19-13(22)20-11-5-2-6-12(8-11)21-14(16,17)18/h1-8H,(H2,19,20,22). The Labute approximate surface area is 135 Å². The maximum absolute atomic E-state index is 12.2. The lowest BCUT2D eigenvalue weighted by Crippen LogP contribution is -2.20. The molecule has 0 fully saturated rings. The van der Waals surface area contributed by atoms with Gasteiger partial charge in [0.2, 0.25) is 0 Å². The highest BCUT2D eigenvalue weighted by atomic mass is 35.5. The van der Waals surface area contributed by atoms with Crippen LogP contribution in [0.2, 0.25) is 5.02 Å². The second-order valence-electron chi connectivity index (χ2n) is 4.17. The van der Waals surface area contributed by atoms with Gasteiger partial charge in [-0.15, -0.1) is 13.2 Å². The van der Waals surface area contributed by atoms with E-state index in [1.165, 1.54) is 18.2 Å². The van der Waals surface area contributed by atoms with E-state index in [1.807, 2.05) is 0 Å². The topological polar surface area (TPSA) is 33.3 Å². The number of benzene rings is 2. The van der Waals surface area contributed by atoms with E-state index >= 15 is 0 Å². The molecule has 0 radical (unpaired) electrons. The Kier molecular flexibility index (Phi) is 5.10. The number of anilines is 2. The third-order valence-electron chi connectivity index (χ3n) is 2.41. The fraction of sp³-hybridized carbons (Fsp3) is 0.0714. The van der Waals surface area contributed by atoms with Gasteiger partial charge in [0.25, 0.3) is 0 Å². The Morgan fingerprint density at radius 2 is 1.59 bits per heavy atom. The average Bonchev–Trinajstić information content (AvgIpc) is 2.36. The van der Waals surface area contributed by atoms with E-state index in [9.17, 15) is 13.2 Å². The Bertz CT molecular complexity index is 679. The summed E-state index contributed by atoms with van der Waals surface area (Å²) in [7, 11) is 0. The van der Waals surface area contributed by atoms with E-state index in [2.05, 4.69) is 15.4 Å². The molecule has 2 N–H and O–H groups in total. The summed E-state index contributed by atoms with van der Waals surface area (Å²) in [6.45, 7) is 0. The first-order chi connectivity index (χ1) is 10.3. The smallest absolute Gasteiger partial charge is 0.406 e. The number of halogens is 4. The molecule has 0 atom stereocenters. The Balaban J connectivity index is 2.01. The van der Waals surface area contributed by atoms with Crippen molar-refractivity contribution in [2.45, 2.75) is 6.36 Å². The molecule has 0 saturated heterocycles. The molecule has 2 rings (SSSR count). The van der Waals surface area contributed by atoms with Gasteiger partial charge in [0.05, 0.1) is 0 Å². The largest absolute Gasteiger partial charge is 0.573 e. The van der Waals surface area contributed by atoms with E-state index in [0.717, 1.165) is 0 Å². The van der Waals surface area contributed by atoms with Gasteiger partial charge in [0, 0.05) is 22.5 Å². The predicted molar refractivity (Wildman–Crippen MR) is 84.4 cm³/mol. The minimum atomic E-state index is -4.74. The number of thiocarbonyl (C=S) groups is 1. The van der Waals surface area contributed by atoms with E-state index in [4.69, 9.17) is 23.8 Å². The monoisotopic (exact) mass is 346 g/mol. The van der Waals surface area contributed by atoms with Crippen LogP contribution in [0.3, 0.4) is 0 Å². The minimum absolute atomic E-state index is 0.214. The quantitative estimate of drug-likeness (QED) is 0.762. The van der Waals surface area contributed by atoms with Crippen LogP contribution in [0.4, 0.5) is 24.5 Å². The van der Waals surface area contributed by atoms with E-state index < -0.39 is 6.36 Å². The van der Waals surface area contributed by atoms with Crippen LogP contribution in [0.1, 0.15) is 0 Å². The third-order valence-corrected chi connectivity index (χ3v) is 2.85. The molecular weight excluding hydrogens is 337 g/mol. The zero-order valence-corrected chi connectivity index (χ0v) is 12.5. The highest BCUT2D eigenvalue weighted by molar-refractivity contribution is 7.80. The summed E-state index contributed by atoms with van der Waals surface area (Å²) in [5, 5.41) is 6.39. The highest BCUT2D eigenvalue weighted by Crippen LogP contribution is 2.25. The number of rotatable bonds is 3. The molecule has 0 amide bonds. The van der Waals surface area contributed by atoms with Crippen LogP contribution < -0.4 is 15.4 Å². The maximum Gasteiger partial charge on any atom is 0.573 e. The van der Waals surface area contributed by atoms with Crippen molar-refractivity contribution >= 4 is 40.3 Å². The summed E-state index contributed by atoms with van der Waals surface area (Å²) in [5.74, 6) is -0.331. The van der Waals surface area contributed by atoms with Crippen LogP contribution in [0.25, 0.3) is 0 Å². The fourth-order valence-corrected chi connectivity index (χ4v) is 2.06. The first kappa shape index (κ1) is 16.4. The Hall–Kier alpha value is -1.99. The van der Waals surface area contributed by atoms with Gasteiger partial charge >= 0.3 is 6.36 Å². The van der Waals surface area contributed by atoms with Gasteiger partial charge in [-0.1, -0.05) is 23.7 Å². The Morgan fingerprint density at radius 1 is 1.00 bits per heavy atom. The first-order valence-electron chi connectivity index (χ1n) is 6.01. The lowest BCUT2D eigenvalue weighted by molar-refractivity contribution is -0.274. The van der Waals surface area contributed by atoms with Crippen LogP contribution in [0, 0.1) is 0 Å². The molecule has 0 bridgehead atoms. The summed E-state index contributed by atoms with van der Waals surface area (Å²) in [4.78, 5) is 0. The predicted octanol–water partition coefficient (Wildman–Crippen LogP) is 5.05. The maximum atomic E-state index is 12.2. The molecule has 2 aromatic rings. The lowest BCUT2D eigenvalue weighted by Gasteiger charge is -2.13. The fourth-order valence-electron chi connectivity index (χ4n) is 1.63. The number of nitrogens with one attached hydrogen (secondary N) is 2. The number of alkyl halides is 3. The minimum Gasteiger partial charge on any atom is -0.406 e. The average molecular weight is 347 g/mol. The molecule has 0 aliphatic carbocycles. The second-order valence-corrected chi connectivity index (χ2v) is 5.01. The van der Waals surface area contributed by atoms with Gasteiger partial charge in [-0.05, 0) is 42.5 Å². The number of hydrogen-bond acceptors (Lipinski definition) is 2. The molecule has 22 heavy (non-hydrogen) atoms. The summed E-state index contributed by atoms with van der Waals surface area (Å²) in [5.41, 5.74) is 1.02. The van der Waals surface area contributed by atoms with Gasteiger partial charge in [-0.25, -0.2) is 0 Å².